The molecule has 0 saturated heterocycles. The van der Waals surface area contributed by atoms with E-state index in [1.165, 1.54) is 13.8 Å². The molecular weight excluding hydrogens is 288 g/mol. The van der Waals surface area contributed by atoms with Gasteiger partial charge in [0.2, 0.25) is 0 Å². The first-order chi connectivity index (χ1) is 9.06. The van der Waals surface area contributed by atoms with Crippen molar-refractivity contribution in [2.24, 2.45) is 5.41 Å². The van der Waals surface area contributed by atoms with Crippen molar-refractivity contribution >= 4 is 27.6 Å². The lowest BCUT2D eigenvalue weighted by molar-refractivity contribution is -0.157. The summed E-state index contributed by atoms with van der Waals surface area (Å²) in [4.78, 5) is 34.6. The van der Waals surface area contributed by atoms with Crippen LogP contribution < -0.4 is 0 Å². The third kappa shape index (κ3) is 5.68. The number of hydrogen-bond acceptors (Lipinski definition) is 7. The normalized spacial score (nSPS) is 11.8. The van der Waals surface area contributed by atoms with Crippen LogP contribution >= 0.6 is 0 Å². The van der Waals surface area contributed by atoms with E-state index >= 15 is 0 Å². The van der Waals surface area contributed by atoms with E-state index in [4.69, 9.17) is 4.74 Å². The summed E-state index contributed by atoms with van der Waals surface area (Å²) >= 11 is 0. The van der Waals surface area contributed by atoms with Gasteiger partial charge in [-0.2, -0.15) is 0 Å². The predicted octanol–water partition coefficient (Wildman–Crippen LogP) is 0.123. The Kier molecular flexibility index (Phi) is 6.84. The molecule has 0 aromatic rings. The summed E-state index contributed by atoms with van der Waals surface area (Å²) < 4.78 is 32.6. The molecule has 7 nitrogen and oxygen atoms in total. The highest BCUT2D eigenvalue weighted by Crippen LogP contribution is 2.20. The second-order valence-corrected chi connectivity index (χ2v) is 6.67. The Bertz CT molecular complexity index is 476. The van der Waals surface area contributed by atoms with E-state index in [9.17, 15) is 22.8 Å². The standard InChI is InChI=1S/C12H20O7S/c1-5-18-10(14)8-20(16,17)7-9(13)12(3,4)11(15)19-6-2/h5-8H2,1-4H3. The molecule has 116 valence electrons. The Hall–Kier alpha value is -1.44. The number of carbonyl (C=O) groups is 3. The number of ether oxygens (including phenoxy) is 2. The lowest BCUT2D eigenvalue weighted by atomic mass is 9.89. The maximum Gasteiger partial charge on any atom is 0.321 e. The first kappa shape index (κ1) is 18.6. The van der Waals surface area contributed by atoms with Crippen LogP contribution in [0.5, 0.6) is 0 Å². The van der Waals surface area contributed by atoms with Crippen LogP contribution in [-0.2, 0) is 33.7 Å². The van der Waals surface area contributed by atoms with Gasteiger partial charge in [0.05, 0.1) is 13.2 Å². The van der Waals surface area contributed by atoms with Gasteiger partial charge in [0.15, 0.2) is 15.6 Å². The number of ketones is 1. The smallest absolute Gasteiger partial charge is 0.321 e. The van der Waals surface area contributed by atoms with Gasteiger partial charge in [0.25, 0.3) is 0 Å². The first-order valence-electron chi connectivity index (χ1n) is 6.13. The average Bonchev–Trinajstić information content (AvgIpc) is 2.27. The zero-order chi connectivity index (χ0) is 16.0. The molecule has 0 radical (unpaired) electrons. The van der Waals surface area contributed by atoms with Crippen molar-refractivity contribution in [1.29, 1.82) is 0 Å². The zero-order valence-corrected chi connectivity index (χ0v) is 12.9. The molecule has 0 aliphatic rings. The van der Waals surface area contributed by atoms with Gasteiger partial charge >= 0.3 is 11.9 Å². The van der Waals surface area contributed by atoms with E-state index in [0.29, 0.717) is 0 Å². The highest BCUT2D eigenvalue weighted by atomic mass is 32.2. The summed E-state index contributed by atoms with van der Waals surface area (Å²) in [5.74, 6) is -4.32. The van der Waals surface area contributed by atoms with Gasteiger partial charge in [0, 0.05) is 0 Å². The highest BCUT2D eigenvalue weighted by molar-refractivity contribution is 7.92. The van der Waals surface area contributed by atoms with E-state index in [0.717, 1.165) is 0 Å². The number of hydrogen-bond donors (Lipinski definition) is 0. The molecule has 0 aromatic carbocycles. The molecule has 0 saturated carbocycles. The quantitative estimate of drug-likeness (QED) is 0.463. The second kappa shape index (κ2) is 7.37. The van der Waals surface area contributed by atoms with Gasteiger partial charge in [-0.1, -0.05) is 0 Å². The van der Waals surface area contributed by atoms with Crippen molar-refractivity contribution < 1.29 is 32.3 Å². The molecule has 0 spiro atoms. The Morgan fingerprint density at radius 2 is 1.45 bits per heavy atom. The average molecular weight is 308 g/mol. The number of Topliss-reactive ketones (excluding diaryl/α,β-unsaturated/α-hetero) is 1. The molecule has 0 fully saturated rings. The fourth-order valence-corrected chi connectivity index (χ4v) is 2.54. The summed E-state index contributed by atoms with van der Waals surface area (Å²) in [6.45, 7) is 5.83. The molecule has 0 atom stereocenters. The summed E-state index contributed by atoms with van der Waals surface area (Å²) in [6.07, 6.45) is 0. The molecule has 0 aliphatic carbocycles. The molecule has 0 unspecified atom stereocenters. The van der Waals surface area contributed by atoms with Crippen molar-refractivity contribution in [3.8, 4) is 0 Å². The molecular formula is C12H20O7S. The van der Waals surface area contributed by atoms with Gasteiger partial charge in [0.1, 0.15) is 16.9 Å². The monoisotopic (exact) mass is 308 g/mol. The van der Waals surface area contributed by atoms with Gasteiger partial charge < -0.3 is 9.47 Å². The van der Waals surface area contributed by atoms with Crippen LogP contribution in [0.2, 0.25) is 0 Å². The zero-order valence-electron chi connectivity index (χ0n) is 12.1. The maximum atomic E-state index is 11.9. The lowest BCUT2D eigenvalue weighted by Gasteiger charge is -2.20. The number of carbonyl (C=O) groups excluding carboxylic acids is 3. The Morgan fingerprint density at radius 1 is 0.950 bits per heavy atom. The lowest BCUT2D eigenvalue weighted by Crippen LogP contribution is -2.40. The fraction of sp³-hybridized carbons (Fsp3) is 0.750. The van der Waals surface area contributed by atoms with Gasteiger partial charge in [-0.3, -0.25) is 14.4 Å². The van der Waals surface area contributed by atoms with E-state index in [2.05, 4.69) is 4.74 Å². The fourth-order valence-electron chi connectivity index (χ4n) is 1.24. The van der Waals surface area contributed by atoms with Crippen LogP contribution in [0.1, 0.15) is 27.7 Å². The van der Waals surface area contributed by atoms with E-state index in [-0.39, 0.29) is 13.2 Å². The van der Waals surface area contributed by atoms with E-state index in [1.807, 2.05) is 0 Å². The largest absolute Gasteiger partial charge is 0.465 e. The third-order valence-corrected chi connectivity index (χ3v) is 3.85. The van der Waals surface area contributed by atoms with Crippen molar-refractivity contribution in [2.75, 3.05) is 24.7 Å². The minimum absolute atomic E-state index is 0.0522. The molecule has 0 aliphatic heterocycles. The van der Waals surface area contributed by atoms with Crippen molar-refractivity contribution in [2.45, 2.75) is 27.7 Å². The summed E-state index contributed by atoms with van der Waals surface area (Å²) in [7, 11) is -3.97. The molecule has 0 aromatic heterocycles. The Labute approximate surface area is 118 Å². The summed E-state index contributed by atoms with van der Waals surface area (Å²) in [5, 5.41) is 0. The number of rotatable bonds is 8. The van der Waals surface area contributed by atoms with Gasteiger partial charge in [-0.25, -0.2) is 8.42 Å². The topological polar surface area (TPSA) is 104 Å². The molecule has 0 bridgehead atoms. The molecule has 0 amide bonds. The number of esters is 2. The molecule has 0 heterocycles. The Balaban J connectivity index is 4.82. The van der Waals surface area contributed by atoms with Crippen LogP contribution in [0.4, 0.5) is 0 Å². The van der Waals surface area contributed by atoms with E-state index in [1.54, 1.807) is 13.8 Å². The van der Waals surface area contributed by atoms with Crippen LogP contribution in [0.15, 0.2) is 0 Å². The number of sulfone groups is 1. The van der Waals surface area contributed by atoms with Crippen molar-refractivity contribution in [3.05, 3.63) is 0 Å². The van der Waals surface area contributed by atoms with E-state index < -0.39 is 44.5 Å². The van der Waals surface area contributed by atoms with Crippen LogP contribution in [0, 0.1) is 5.41 Å². The highest BCUT2D eigenvalue weighted by Gasteiger charge is 2.39. The summed E-state index contributed by atoms with van der Waals surface area (Å²) in [5.41, 5.74) is -1.57. The predicted molar refractivity (Wildman–Crippen MR) is 70.7 cm³/mol. The van der Waals surface area contributed by atoms with Crippen molar-refractivity contribution in [3.63, 3.8) is 0 Å². The molecule has 8 heteroatoms. The minimum atomic E-state index is -3.97. The van der Waals surface area contributed by atoms with Crippen LogP contribution in [0.25, 0.3) is 0 Å². The van der Waals surface area contributed by atoms with Crippen LogP contribution in [-0.4, -0.2) is 50.9 Å². The van der Waals surface area contributed by atoms with Gasteiger partial charge in [-0.05, 0) is 27.7 Å². The summed E-state index contributed by atoms with van der Waals surface area (Å²) in [6, 6.07) is 0. The second-order valence-electron chi connectivity index (χ2n) is 4.61. The Morgan fingerprint density at radius 3 is 1.90 bits per heavy atom. The molecule has 0 N–H and O–H groups in total. The third-order valence-electron chi connectivity index (χ3n) is 2.48. The first-order valence-corrected chi connectivity index (χ1v) is 7.95. The minimum Gasteiger partial charge on any atom is -0.465 e. The molecule has 0 rings (SSSR count). The van der Waals surface area contributed by atoms with Gasteiger partial charge in [-0.15, -0.1) is 0 Å². The molecule has 20 heavy (non-hydrogen) atoms. The SMILES string of the molecule is CCOC(=O)CS(=O)(=O)CC(=O)C(C)(C)C(=O)OCC. The van der Waals surface area contributed by atoms with Crippen LogP contribution in [0.3, 0.4) is 0 Å². The van der Waals surface area contributed by atoms with Crippen molar-refractivity contribution in [1.82, 2.24) is 0 Å². The maximum absolute atomic E-state index is 11.9.